The molecule has 1 N–H and O–H groups in total. The lowest BCUT2D eigenvalue weighted by molar-refractivity contribution is 0.145. The van der Waals surface area contributed by atoms with E-state index in [2.05, 4.69) is 29.2 Å². The quantitative estimate of drug-likeness (QED) is 0.681. The van der Waals surface area contributed by atoms with Gasteiger partial charge in [0.25, 0.3) is 0 Å². The van der Waals surface area contributed by atoms with Crippen LogP contribution in [0.3, 0.4) is 0 Å². The normalized spacial score (nSPS) is 24.2. The minimum Gasteiger partial charge on any atom is -0.315 e. The standard InChI is InChI=1S/C13H27N3/c1-15-8-5-13(6-9-15)16(2)10-7-14-11-12-3-4-12/h12-14H,3-11H2,1-2H3. The van der Waals surface area contributed by atoms with Crippen LogP contribution >= 0.6 is 0 Å². The summed E-state index contributed by atoms with van der Waals surface area (Å²) < 4.78 is 0. The van der Waals surface area contributed by atoms with E-state index in [4.69, 9.17) is 0 Å². The third kappa shape index (κ3) is 4.04. The summed E-state index contributed by atoms with van der Waals surface area (Å²) in [5, 5.41) is 3.57. The van der Waals surface area contributed by atoms with Gasteiger partial charge in [0.05, 0.1) is 0 Å². The molecular formula is C13H27N3. The van der Waals surface area contributed by atoms with Crippen molar-refractivity contribution < 1.29 is 0 Å². The van der Waals surface area contributed by atoms with Crippen LogP contribution in [0.4, 0.5) is 0 Å². The fourth-order valence-electron chi connectivity index (χ4n) is 2.50. The number of rotatable bonds is 6. The number of hydrogen-bond donors (Lipinski definition) is 1. The van der Waals surface area contributed by atoms with Gasteiger partial charge in [0.2, 0.25) is 0 Å². The molecule has 1 saturated carbocycles. The van der Waals surface area contributed by atoms with Crippen molar-refractivity contribution in [2.75, 3.05) is 46.8 Å². The highest BCUT2D eigenvalue weighted by Crippen LogP contribution is 2.27. The molecule has 0 atom stereocenters. The molecule has 0 aromatic carbocycles. The first kappa shape index (κ1) is 12.3. The summed E-state index contributed by atoms with van der Waals surface area (Å²) in [6.07, 6.45) is 5.60. The first-order chi connectivity index (χ1) is 7.75. The predicted octanol–water partition coefficient (Wildman–Crippen LogP) is 1.01. The zero-order valence-corrected chi connectivity index (χ0v) is 10.9. The molecule has 0 aromatic heterocycles. The molecular weight excluding hydrogens is 198 g/mol. The van der Waals surface area contributed by atoms with E-state index in [0.717, 1.165) is 12.0 Å². The number of hydrogen-bond acceptors (Lipinski definition) is 3. The van der Waals surface area contributed by atoms with Gasteiger partial charge >= 0.3 is 0 Å². The zero-order valence-electron chi connectivity index (χ0n) is 10.9. The molecule has 2 fully saturated rings. The first-order valence-corrected chi connectivity index (χ1v) is 6.85. The lowest BCUT2D eigenvalue weighted by Crippen LogP contribution is -2.44. The van der Waals surface area contributed by atoms with Crippen molar-refractivity contribution in [3.8, 4) is 0 Å². The van der Waals surface area contributed by atoms with E-state index in [1.807, 2.05) is 0 Å². The minimum atomic E-state index is 0.818. The topological polar surface area (TPSA) is 18.5 Å². The van der Waals surface area contributed by atoms with Crippen LogP contribution in [0.2, 0.25) is 0 Å². The van der Waals surface area contributed by atoms with Gasteiger partial charge in [-0.05, 0) is 65.3 Å². The average molecular weight is 225 g/mol. The molecule has 16 heavy (non-hydrogen) atoms. The van der Waals surface area contributed by atoms with Gasteiger partial charge in [-0.3, -0.25) is 0 Å². The Balaban J connectivity index is 1.53. The molecule has 0 amide bonds. The van der Waals surface area contributed by atoms with E-state index in [1.54, 1.807) is 0 Å². The molecule has 0 aromatic rings. The number of likely N-dealkylation sites (N-methyl/N-ethyl adjacent to an activating group) is 1. The third-order valence-electron chi connectivity index (χ3n) is 4.08. The van der Waals surface area contributed by atoms with E-state index in [0.29, 0.717) is 0 Å². The molecule has 1 aliphatic carbocycles. The highest BCUT2D eigenvalue weighted by atomic mass is 15.2. The van der Waals surface area contributed by atoms with Gasteiger partial charge in [0.15, 0.2) is 0 Å². The summed E-state index contributed by atoms with van der Waals surface area (Å²) in [7, 11) is 4.52. The van der Waals surface area contributed by atoms with Crippen molar-refractivity contribution in [2.45, 2.75) is 31.7 Å². The van der Waals surface area contributed by atoms with Gasteiger partial charge in [-0.15, -0.1) is 0 Å². The van der Waals surface area contributed by atoms with Gasteiger partial charge in [-0.2, -0.15) is 0 Å². The van der Waals surface area contributed by atoms with Crippen LogP contribution in [0.5, 0.6) is 0 Å². The molecule has 2 rings (SSSR count). The largest absolute Gasteiger partial charge is 0.315 e. The third-order valence-corrected chi connectivity index (χ3v) is 4.08. The maximum absolute atomic E-state index is 3.57. The van der Waals surface area contributed by atoms with Crippen molar-refractivity contribution in [2.24, 2.45) is 5.92 Å². The molecule has 0 radical (unpaired) electrons. The van der Waals surface area contributed by atoms with Gasteiger partial charge in [0.1, 0.15) is 0 Å². The molecule has 1 heterocycles. The Hall–Kier alpha value is -0.120. The van der Waals surface area contributed by atoms with Crippen LogP contribution < -0.4 is 5.32 Å². The Morgan fingerprint density at radius 3 is 2.50 bits per heavy atom. The average Bonchev–Trinajstić information content (AvgIpc) is 3.09. The van der Waals surface area contributed by atoms with Crippen LogP contribution in [0.15, 0.2) is 0 Å². The highest BCUT2D eigenvalue weighted by Gasteiger charge is 2.21. The summed E-state index contributed by atoms with van der Waals surface area (Å²) in [5.41, 5.74) is 0. The lowest BCUT2D eigenvalue weighted by Gasteiger charge is -2.35. The lowest BCUT2D eigenvalue weighted by atomic mass is 10.0. The van der Waals surface area contributed by atoms with Gasteiger partial charge in [0, 0.05) is 19.1 Å². The monoisotopic (exact) mass is 225 g/mol. The first-order valence-electron chi connectivity index (χ1n) is 6.85. The number of piperidine rings is 1. The molecule has 2 aliphatic rings. The number of likely N-dealkylation sites (tertiary alicyclic amines) is 1. The summed E-state index contributed by atoms with van der Waals surface area (Å²) in [4.78, 5) is 4.99. The summed E-state index contributed by atoms with van der Waals surface area (Å²) in [5.74, 6) is 1.01. The van der Waals surface area contributed by atoms with Gasteiger partial charge in [-0.25, -0.2) is 0 Å². The van der Waals surface area contributed by atoms with Crippen LogP contribution in [-0.2, 0) is 0 Å². The summed E-state index contributed by atoms with van der Waals surface area (Å²) >= 11 is 0. The predicted molar refractivity (Wildman–Crippen MR) is 68.7 cm³/mol. The molecule has 94 valence electrons. The SMILES string of the molecule is CN1CCC(N(C)CCNCC2CC2)CC1. The molecule has 0 unspecified atom stereocenters. The molecule has 0 bridgehead atoms. The zero-order chi connectivity index (χ0) is 11.4. The van der Waals surface area contributed by atoms with Crippen LogP contribution in [0, 0.1) is 5.92 Å². The summed E-state index contributed by atoms with van der Waals surface area (Å²) in [6, 6.07) is 0.818. The fraction of sp³-hybridized carbons (Fsp3) is 1.00. The Morgan fingerprint density at radius 1 is 1.19 bits per heavy atom. The molecule has 3 heteroatoms. The van der Waals surface area contributed by atoms with Gasteiger partial charge < -0.3 is 15.1 Å². The molecule has 3 nitrogen and oxygen atoms in total. The number of nitrogens with one attached hydrogen (secondary N) is 1. The maximum Gasteiger partial charge on any atom is 0.0117 e. The van der Waals surface area contributed by atoms with Crippen molar-refractivity contribution in [3.63, 3.8) is 0 Å². The Kier molecular flexibility index (Phi) is 4.62. The van der Waals surface area contributed by atoms with Crippen molar-refractivity contribution in [1.82, 2.24) is 15.1 Å². The molecule has 1 saturated heterocycles. The highest BCUT2D eigenvalue weighted by molar-refractivity contribution is 4.78. The van der Waals surface area contributed by atoms with E-state index in [-0.39, 0.29) is 0 Å². The van der Waals surface area contributed by atoms with Crippen LogP contribution in [-0.4, -0.2) is 62.7 Å². The Labute approximate surface area is 100 Å². The second kappa shape index (κ2) is 5.99. The van der Waals surface area contributed by atoms with E-state index in [9.17, 15) is 0 Å². The maximum atomic E-state index is 3.57. The minimum absolute atomic E-state index is 0.818. The van der Waals surface area contributed by atoms with Gasteiger partial charge in [-0.1, -0.05) is 0 Å². The summed E-state index contributed by atoms with van der Waals surface area (Å²) in [6.45, 7) is 6.16. The molecule has 0 spiro atoms. The van der Waals surface area contributed by atoms with E-state index < -0.39 is 0 Å². The second-order valence-corrected chi connectivity index (χ2v) is 5.66. The smallest absolute Gasteiger partial charge is 0.0117 e. The van der Waals surface area contributed by atoms with Crippen LogP contribution in [0.1, 0.15) is 25.7 Å². The fourth-order valence-corrected chi connectivity index (χ4v) is 2.50. The molecule has 1 aliphatic heterocycles. The second-order valence-electron chi connectivity index (χ2n) is 5.66. The van der Waals surface area contributed by atoms with Crippen LogP contribution in [0.25, 0.3) is 0 Å². The Bertz CT molecular complexity index is 195. The van der Waals surface area contributed by atoms with Crippen molar-refractivity contribution >= 4 is 0 Å². The van der Waals surface area contributed by atoms with E-state index in [1.165, 1.54) is 58.4 Å². The number of nitrogens with zero attached hydrogens (tertiary/aromatic N) is 2. The van der Waals surface area contributed by atoms with Crippen molar-refractivity contribution in [3.05, 3.63) is 0 Å². The Morgan fingerprint density at radius 2 is 1.88 bits per heavy atom. The van der Waals surface area contributed by atoms with Crippen molar-refractivity contribution in [1.29, 1.82) is 0 Å². The van der Waals surface area contributed by atoms with E-state index >= 15 is 0 Å².